The summed E-state index contributed by atoms with van der Waals surface area (Å²) in [6, 6.07) is 0. The Morgan fingerprint density at radius 2 is 1.78 bits per heavy atom. The van der Waals surface area contributed by atoms with E-state index in [9.17, 15) is 30.3 Å². The Morgan fingerprint density at radius 3 is 2.52 bits per heavy atom. The first kappa shape index (κ1) is 44.3. The van der Waals surface area contributed by atoms with Crippen molar-refractivity contribution in [3.63, 3.8) is 0 Å². The second-order valence-electron chi connectivity index (χ2n) is 19.4. The molecule has 7 heterocycles. The fraction of sp³-hybridized carbons (Fsp3) is 0.844. The molecule has 6 fully saturated rings. The Kier molecular flexibility index (Phi) is 13.1. The standard InChI is InChI=1S/C45H70O13/c1-25-21-35(56-45(23-25)36(47)13-12-32(55-45)24-42(7,51)41(49)50)26(2)10-11-31-15-17-43(54-31)18-16-34-40(57-43)37(48)30(6)39(53-34)33(46)22-28(4)38-27(3)14-19-44(58-38)29(5)9-8-20-52-44/h10-11,23,26-29,31-40,46-48,51H,6,8-9,12-22,24H2,1-5,7H3,(H,49,50)/b11-10+/t26-,27+,28+,29-,31+,32-,33-,34-,35-,36-,37+,38+,39-,40-,42-,43+,44-,45+/m0/s1. The van der Waals surface area contributed by atoms with E-state index < -0.39 is 71.7 Å². The molecule has 0 aliphatic carbocycles. The van der Waals surface area contributed by atoms with Crippen LogP contribution in [0.1, 0.15) is 125 Å². The number of carboxylic acids is 1. The van der Waals surface area contributed by atoms with Crippen molar-refractivity contribution in [3.05, 3.63) is 36.0 Å². The Morgan fingerprint density at radius 1 is 1.02 bits per heavy atom. The number of hydrogen-bond donors (Lipinski definition) is 5. The number of carbonyl (C=O) groups is 1. The summed E-state index contributed by atoms with van der Waals surface area (Å²) < 4.78 is 45.5. The summed E-state index contributed by atoms with van der Waals surface area (Å²) in [5, 5.41) is 54.1. The molecular formula is C45H70O13. The molecule has 7 rings (SSSR count). The highest BCUT2D eigenvalue weighted by molar-refractivity contribution is 5.76. The number of rotatable bonds is 10. The third-order valence-corrected chi connectivity index (χ3v) is 14.5. The third kappa shape index (κ3) is 8.93. The second kappa shape index (κ2) is 17.2. The molecule has 0 radical (unpaired) electrons. The Bertz CT molecular complexity index is 1550. The lowest BCUT2D eigenvalue weighted by Gasteiger charge is -2.51. The van der Waals surface area contributed by atoms with Gasteiger partial charge in [-0.25, -0.2) is 4.79 Å². The van der Waals surface area contributed by atoms with Crippen molar-refractivity contribution in [1.82, 2.24) is 0 Å². The zero-order chi connectivity index (χ0) is 41.8. The lowest BCUT2D eigenvalue weighted by Crippen LogP contribution is -2.60. The molecule has 7 aliphatic rings. The number of fused-ring (bicyclic) bond motifs is 1. The van der Waals surface area contributed by atoms with Gasteiger partial charge in [0.15, 0.2) is 17.2 Å². The van der Waals surface area contributed by atoms with Crippen LogP contribution in [0.4, 0.5) is 0 Å². The van der Waals surface area contributed by atoms with Gasteiger partial charge in [-0.05, 0) is 95.1 Å². The predicted molar refractivity (Wildman–Crippen MR) is 212 cm³/mol. The van der Waals surface area contributed by atoms with Gasteiger partial charge in [0.25, 0.3) is 0 Å². The maximum Gasteiger partial charge on any atom is 0.335 e. The molecule has 13 nitrogen and oxygen atoms in total. The third-order valence-electron chi connectivity index (χ3n) is 14.5. The van der Waals surface area contributed by atoms with E-state index >= 15 is 0 Å². The van der Waals surface area contributed by atoms with Crippen LogP contribution in [-0.4, -0.2) is 122 Å². The number of hydrogen-bond acceptors (Lipinski definition) is 12. The molecule has 0 aromatic heterocycles. The van der Waals surface area contributed by atoms with E-state index in [2.05, 4.69) is 33.4 Å². The van der Waals surface area contributed by atoms with Crippen LogP contribution in [0.15, 0.2) is 36.0 Å². The number of aliphatic carboxylic acids is 1. The minimum absolute atomic E-state index is 0.0385. The van der Waals surface area contributed by atoms with Gasteiger partial charge in [-0.2, -0.15) is 0 Å². The van der Waals surface area contributed by atoms with Crippen LogP contribution < -0.4 is 0 Å². The minimum atomic E-state index is -1.96. The minimum Gasteiger partial charge on any atom is -0.479 e. The Balaban J connectivity index is 0.922. The van der Waals surface area contributed by atoms with Gasteiger partial charge in [-0.15, -0.1) is 0 Å². The molecule has 0 unspecified atom stereocenters. The summed E-state index contributed by atoms with van der Waals surface area (Å²) >= 11 is 0. The molecule has 18 atom stereocenters. The van der Waals surface area contributed by atoms with Gasteiger partial charge in [0.2, 0.25) is 5.79 Å². The van der Waals surface area contributed by atoms with Crippen molar-refractivity contribution in [2.24, 2.45) is 23.7 Å². The van der Waals surface area contributed by atoms with E-state index in [1.54, 1.807) is 6.08 Å². The highest BCUT2D eigenvalue weighted by atomic mass is 16.7. The van der Waals surface area contributed by atoms with Crippen LogP contribution in [0.5, 0.6) is 0 Å². The van der Waals surface area contributed by atoms with Crippen molar-refractivity contribution in [3.8, 4) is 0 Å². The number of carboxylic acid groups (broad SMARTS) is 1. The van der Waals surface area contributed by atoms with Gasteiger partial charge in [-0.1, -0.05) is 52.0 Å². The fourth-order valence-corrected chi connectivity index (χ4v) is 10.9. The molecule has 6 saturated heterocycles. The first-order valence-corrected chi connectivity index (χ1v) is 22.1. The number of ether oxygens (including phenoxy) is 7. The molecule has 58 heavy (non-hydrogen) atoms. The first-order chi connectivity index (χ1) is 27.3. The largest absolute Gasteiger partial charge is 0.479 e. The average Bonchev–Trinajstić information content (AvgIpc) is 3.57. The molecule has 0 amide bonds. The van der Waals surface area contributed by atoms with E-state index in [-0.39, 0.29) is 36.6 Å². The molecule has 0 bridgehead atoms. The topological polar surface area (TPSA) is 183 Å². The van der Waals surface area contributed by atoms with Crippen molar-refractivity contribution < 1.29 is 63.5 Å². The van der Waals surface area contributed by atoms with Crippen molar-refractivity contribution in [2.45, 2.75) is 209 Å². The monoisotopic (exact) mass is 818 g/mol. The summed E-state index contributed by atoms with van der Waals surface area (Å²) in [7, 11) is 0. The van der Waals surface area contributed by atoms with Gasteiger partial charge >= 0.3 is 5.97 Å². The highest BCUT2D eigenvalue weighted by Gasteiger charge is 2.55. The Labute approximate surface area is 344 Å². The van der Waals surface area contributed by atoms with E-state index in [0.29, 0.717) is 62.4 Å². The van der Waals surface area contributed by atoms with E-state index in [0.717, 1.165) is 44.3 Å². The molecule has 0 saturated carbocycles. The maximum absolute atomic E-state index is 11.6. The lowest BCUT2D eigenvalue weighted by atomic mass is 9.78. The van der Waals surface area contributed by atoms with Crippen LogP contribution in [0.25, 0.3) is 0 Å². The molecule has 0 aromatic rings. The SMILES string of the molecule is C=C1[C@@H](O)[C@H]2O[C@]3(CC[C@@H](/C=C/[C@H](C)[C@@H]4CC(C)=C[C@@]5(O[C@H](C[C@](C)(O)C(=O)O)CC[C@@H]5O)O4)O3)CC[C@@H]2O[C@@H]1[C@@H](O)C[C@@H](C)[C@@H]1O[C@]2(CC[C@H]1C)OCCC[C@@H]2C. The zero-order valence-electron chi connectivity index (χ0n) is 35.4. The summed E-state index contributed by atoms with van der Waals surface area (Å²) in [5.41, 5.74) is -0.554. The molecule has 7 aliphatic heterocycles. The van der Waals surface area contributed by atoms with Crippen molar-refractivity contribution >= 4 is 5.97 Å². The van der Waals surface area contributed by atoms with Crippen molar-refractivity contribution in [1.29, 1.82) is 0 Å². The first-order valence-electron chi connectivity index (χ1n) is 22.1. The summed E-state index contributed by atoms with van der Waals surface area (Å²) in [6.07, 6.45) is 8.36. The van der Waals surface area contributed by atoms with Crippen LogP contribution in [0.3, 0.4) is 0 Å². The summed E-state index contributed by atoms with van der Waals surface area (Å²) in [4.78, 5) is 11.6. The predicted octanol–water partition coefficient (Wildman–Crippen LogP) is 5.46. The fourth-order valence-electron chi connectivity index (χ4n) is 10.9. The second-order valence-corrected chi connectivity index (χ2v) is 19.4. The average molecular weight is 819 g/mol. The normalized spacial score (nSPS) is 46.1. The van der Waals surface area contributed by atoms with Gasteiger partial charge in [0.1, 0.15) is 24.4 Å². The van der Waals surface area contributed by atoms with Crippen LogP contribution in [0, 0.1) is 23.7 Å². The lowest BCUT2D eigenvalue weighted by molar-refractivity contribution is -0.334. The molecule has 5 N–H and O–H groups in total. The van der Waals surface area contributed by atoms with E-state index in [4.69, 9.17) is 33.2 Å². The molecule has 0 aromatic carbocycles. The molecule has 328 valence electrons. The van der Waals surface area contributed by atoms with Crippen LogP contribution in [0.2, 0.25) is 0 Å². The number of aliphatic hydroxyl groups excluding tert-OH is 3. The quantitative estimate of drug-likeness (QED) is 0.176. The molecule has 3 spiro atoms. The van der Waals surface area contributed by atoms with Gasteiger partial charge < -0.3 is 58.7 Å². The zero-order valence-corrected chi connectivity index (χ0v) is 35.4. The van der Waals surface area contributed by atoms with E-state index in [1.165, 1.54) is 6.92 Å². The maximum atomic E-state index is 11.6. The van der Waals surface area contributed by atoms with Crippen LogP contribution in [-0.2, 0) is 38.0 Å². The highest BCUT2D eigenvalue weighted by Crippen LogP contribution is 2.48. The van der Waals surface area contributed by atoms with Gasteiger partial charge in [0, 0.05) is 37.5 Å². The van der Waals surface area contributed by atoms with Gasteiger partial charge in [-0.3, -0.25) is 0 Å². The summed E-state index contributed by atoms with van der Waals surface area (Å²) in [5.74, 6) is -3.56. The molecular weight excluding hydrogens is 748 g/mol. The number of aliphatic hydroxyl groups is 4. The molecule has 13 heteroatoms. The van der Waals surface area contributed by atoms with Gasteiger partial charge in [0.05, 0.1) is 43.2 Å². The summed E-state index contributed by atoms with van der Waals surface area (Å²) in [6.45, 7) is 16.7. The van der Waals surface area contributed by atoms with E-state index in [1.807, 2.05) is 19.9 Å². The van der Waals surface area contributed by atoms with Crippen LogP contribution >= 0.6 is 0 Å². The smallest absolute Gasteiger partial charge is 0.335 e. The van der Waals surface area contributed by atoms with Crippen molar-refractivity contribution in [2.75, 3.05) is 6.61 Å². The Hall–Kier alpha value is -1.75.